The normalized spacial score (nSPS) is 11.3. The molecule has 1 unspecified atom stereocenters. The van der Waals surface area contributed by atoms with Gasteiger partial charge >= 0.3 is 5.97 Å². The van der Waals surface area contributed by atoms with Gasteiger partial charge in [-0.15, -0.1) is 0 Å². The highest BCUT2D eigenvalue weighted by Gasteiger charge is 2.20. The molecule has 2 aromatic rings. The average molecular weight is 358 g/mol. The number of aryl methyl sites for hydroxylation is 1. The number of benzene rings is 2. The monoisotopic (exact) mass is 358 g/mol. The van der Waals surface area contributed by atoms with Crippen molar-refractivity contribution < 1.29 is 24.0 Å². The average Bonchev–Trinajstić information content (AvgIpc) is 2.62. The lowest BCUT2D eigenvalue weighted by atomic mass is 10.1. The number of nitrogens with zero attached hydrogens (tertiary/aromatic N) is 1. The van der Waals surface area contributed by atoms with E-state index in [9.17, 15) is 19.7 Å². The number of nitrogens with one attached hydrogen (secondary N) is 1. The lowest BCUT2D eigenvalue weighted by Crippen LogP contribution is -2.30. The Labute approximate surface area is 149 Å². The van der Waals surface area contributed by atoms with Crippen molar-refractivity contribution >= 4 is 23.3 Å². The number of anilines is 1. The number of nitro groups is 1. The van der Waals surface area contributed by atoms with Crippen LogP contribution in [0.25, 0.3) is 0 Å². The van der Waals surface area contributed by atoms with Crippen LogP contribution in [0.4, 0.5) is 11.4 Å². The molecule has 0 aliphatic rings. The van der Waals surface area contributed by atoms with Gasteiger partial charge in [-0.2, -0.15) is 0 Å². The maximum absolute atomic E-state index is 12.2. The summed E-state index contributed by atoms with van der Waals surface area (Å²) in [4.78, 5) is 34.4. The molecule has 26 heavy (non-hydrogen) atoms. The first kappa shape index (κ1) is 18.9. The predicted molar refractivity (Wildman–Crippen MR) is 94.3 cm³/mol. The third-order valence-corrected chi connectivity index (χ3v) is 3.64. The minimum absolute atomic E-state index is 0.0872. The highest BCUT2D eigenvalue weighted by Crippen LogP contribution is 2.20. The van der Waals surface area contributed by atoms with Gasteiger partial charge in [-0.05, 0) is 43.7 Å². The zero-order chi connectivity index (χ0) is 19.3. The summed E-state index contributed by atoms with van der Waals surface area (Å²) in [5.74, 6) is -0.664. The molecule has 0 aromatic heterocycles. The fourth-order valence-corrected chi connectivity index (χ4v) is 2.14. The maximum Gasteiger partial charge on any atom is 0.339 e. The molecule has 136 valence electrons. The van der Waals surface area contributed by atoms with Crippen LogP contribution in [-0.4, -0.2) is 30.0 Å². The fraction of sp³-hybridized carbons (Fsp3) is 0.222. The van der Waals surface area contributed by atoms with E-state index in [0.29, 0.717) is 11.4 Å². The molecule has 0 saturated carbocycles. The van der Waals surface area contributed by atoms with Gasteiger partial charge in [-0.1, -0.05) is 6.07 Å². The lowest BCUT2D eigenvalue weighted by molar-refractivity contribution is -0.384. The molecule has 8 heteroatoms. The van der Waals surface area contributed by atoms with Crippen LogP contribution in [0.2, 0.25) is 0 Å². The Morgan fingerprint density at radius 3 is 2.38 bits per heavy atom. The summed E-state index contributed by atoms with van der Waals surface area (Å²) in [7, 11) is 1.50. The molecule has 0 aliphatic heterocycles. The van der Waals surface area contributed by atoms with Crippen LogP contribution in [0.3, 0.4) is 0 Å². The first-order valence-electron chi connectivity index (χ1n) is 7.72. The second-order valence-corrected chi connectivity index (χ2v) is 5.53. The molecular weight excluding hydrogens is 340 g/mol. The van der Waals surface area contributed by atoms with Crippen LogP contribution in [-0.2, 0) is 9.53 Å². The molecule has 0 spiro atoms. The van der Waals surface area contributed by atoms with Crippen molar-refractivity contribution in [3.8, 4) is 5.75 Å². The van der Waals surface area contributed by atoms with Gasteiger partial charge in [0.1, 0.15) is 5.75 Å². The Balaban J connectivity index is 1.99. The van der Waals surface area contributed by atoms with E-state index in [4.69, 9.17) is 9.47 Å². The number of amides is 1. The van der Waals surface area contributed by atoms with Gasteiger partial charge in [-0.25, -0.2) is 4.79 Å². The molecule has 0 fully saturated rings. The largest absolute Gasteiger partial charge is 0.496 e. The first-order valence-corrected chi connectivity index (χ1v) is 7.72. The maximum atomic E-state index is 12.2. The minimum Gasteiger partial charge on any atom is -0.496 e. The van der Waals surface area contributed by atoms with E-state index < -0.39 is 22.9 Å². The standard InChI is InChI=1S/C18H18N2O6/c1-11-4-5-13(10-16(11)25-3)18(22)26-12(2)17(21)19-14-6-8-15(9-7-14)20(23)24/h4-10,12H,1-3H3,(H,19,21). The number of non-ortho nitro benzene ring substituents is 1. The van der Waals surface area contributed by atoms with Crippen molar-refractivity contribution in [2.75, 3.05) is 12.4 Å². The summed E-state index contributed by atoms with van der Waals surface area (Å²) in [5.41, 5.74) is 1.41. The van der Waals surface area contributed by atoms with Gasteiger partial charge in [0, 0.05) is 17.8 Å². The highest BCUT2D eigenvalue weighted by molar-refractivity contribution is 5.97. The van der Waals surface area contributed by atoms with Crippen molar-refractivity contribution in [3.05, 3.63) is 63.7 Å². The van der Waals surface area contributed by atoms with Crippen LogP contribution in [0, 0.1) is 17.0 Å². The molecule has 1 amide bonds. The third-order valence-electron chi connectivity index (χ3n) is 3.64. The molecule has 1 N–H and O–H groups in total. The van der Waals surface area contributed by atoms with Crippen molar-refractivity contribution in [2.24, 2.45) is 0 Å². The number of hydrogen-bond acceptors (Lipinski definition) is 6. The van der Waals surface area contributed by atoms with Gasteiger partial charge in [0.15, 0.2) is 6.10 Å². The first-order chi connectivity index (χ1) is 12.3. The molecule has 2 rings (SSSR count). The van der Waals surface area contributed by atoms with E-state index >= 15 is 0 Å². The topological polar surface area (TPSA) is 108 Å². The molecule has 0 saturated heterocycles. The number of ether oxygens (including phenoxy) is 2. The van der Waals surface area contributed by atoms with Crippen LogP contribution in [0.15, 0.2) is 42.5 Å². The summed E-state index contributed by atoms with van der Waals surface area (Å²) in [6, 6.07) is 10.2. The zero-order valence-electron chi connectivity index (χ0n) is 14.5. The van der Waals surface area contributed by atoms with Crippen molar-refractivity contribution in [3.63, 3.8) is 0 Å². The highest BCUT2D eigenvalue weighted by atomic mass is 16.6. The van der Waals surface area contributed by atoms with Crippen LogP contribution >= 0.6 is 0 Å². The van der Waals surface area contributed by atoms with Crippen molar-refractivity contribution in [1.29, 1.82) is 0 Å². The van der Waals surface area contributed by atoms with Gasteiger partial charge in [-0.3, -0.25) is 14.9 Å². The quantitative estimate of drug-likeness (QED) is 0.483. The number of esters is 1. The molecule has 0 aliphatic carbocycles. The van der Waals surface area contributed by atoms with E-state index in [1.54, 1.807) is 18.2 Å². The third kappa shape index (κ3) is 4.56. The molecule has 2 aromatic carbocycles. The van der Waals surface area contributed by atoms with E-state index in [0.717, 1.165) is 5.56 Å². The van der Waals surface area contributed by atoms with Crippen LogP contribution in [0.1, 0.15) is 22.8 Å². The van der Waals surface area contributed by atoms with Crippen LogP contribution in [0.5, 0.6) is 5.75 Å². The zero-order valence-corrected chi connectivity index (χ0v) is 14.5. The number of rotatable bonds is 6. The fourth-order valence-electron chi connectivity index (χ4n) is 2.14. The molecule has 0 heterocycles. The summed E-state index contributed by atoms with van der Waals surface area (Å²) in [5, 5.41) is 13.2. The Morgan fingerprint density at radius 1 is 1.15 bits per heavy atom. The van der Waals surface area contributed by atoms with Gasteiger partial charge in [0.05, 0.1) is 17.6 Å². The van der Waals surface area contributed by atoms with Crippen molar-refractivity contribution in [2.45, 2.75) is 20.0 Å². The number of methoxy groups -OCH3 is 1. The summed E-state index contributed by atoms with van der Waals surface area (Å²) < 4.78 is 10.3. The second-order valence-electron chi connectivity index (χ2n) is 5.53. The van der Waals surface area contributed by atoms with Gasteiger partial charge < -0.3 is 14.8 Å². The second kappa shape index (κ2) is 8.11. The lowest BCUT2D eigenvalue weighted by Gasteiger charge is -2.14. The summed E-state index contributed by atoms with van der Waals surface area (Å²) >= 11 is 0. The van der Waals surface area contributed by atoms with E-state index in [-0.39, 0.29) is 11.3 Å². The number of carbonyl (C=O) groups excluding carboxylic acids is 2. The minimum atomic E-state index is -1.05. The SMILES string of the molecule is COc1cc(C(=O)OC(C)C(=O)Nc2ccc([N+](=O)[O-])cc2)ccc1C. The van der Waals surface area contributed by atoms with Crippen LogP contribution < -0.4 is 10.1 Å². The van der Waals surface area contributed by atoms with E-state index in [2.05, 4.69) is 5.32 Å². The predicted octanol–water partition coefficient (Wildman–Crippen LogP) is 3.10. The molecule has 1 atom stereocenters. The number of hydrogen-bond donors (Lipinski definition) is 1. The summed E-state index contributed by atoms with van der Waals surface area (Å²) in [6.45, 7) is 3.28. The molecule has 8 nitrogen and oxygen atoms in total. The van der Waals surface area contributed by atoms with E-state index in [1.165, 1.54) is 38.3 Å². The Bertz CT molecular complexity index is 832. The Morgan fingerprint density at radius 2 is 1.81 bits per heavy atom. The van der Waals surface area contributed by atoms with E-state index in [1.807, 2.05) is 6.92 Å². The molecule has 0 radical (unpaired) electrons. The molecule has 0 bridgehead atoms. The van der Waals surface area contributed by atoms with Crippen molar-refractivity contribution in [1.82, 2.24) is 0 Å². The van der Waals surface area contributed by atoms with Gasteiger partial charge in [0.25, 0.3) is 11.6 Å². The van der Waals surface area contributed by atoms with Gasteiger partial charge in [0.2, 0.25) is 0 Å². The Kier molecular flexibility index (Phi) is 5.90. The smallest absolute Gasteiger partial charge is 0.339 e. The number of carbonyl (C=O) groups is 2. The molecular formula is C18H18N2O6. The number of nitro benzene ring substituents is 1. The Hall–Kier alpha value is -3.42. The summed E-state index contributed by atoms with van der Waals surface area (Å²) in [6.07, 6.45) is -1.05.